The Kier molecular flexibility index (Phi) is 6.16. The van der Waals surface area contributed by atoms with Gasteiger partial charge in [0.15, 0.2) is 0 Å². The first-order valence-electron chi connectivity index (χ1n) is 10.6. The minimum atomic E-state index is -4.41. The lowest BCUT2D eigenvalue weighted by atomic mass is 10.1. The number of halogens is 3. The second-order valence-corrected chi connectivity index (χ2v) is 7.64. The van der Waals surface area contributed by atoms with Gasteiger partial charge in [-0.05, 0) is 37.1 Å². The van der Waals surface area contributed by atoms with E-state index in [1.807, 2.05) is 42.2 Å². The molecule has 2 aromatic heterocycles. The first kappa shape index (κ1) is 21.9. The highest BCUT2D eigenvalue weighted by Crippen LogP contribution is 2.29. The largest absolute Gasteiger partial charge is 0.417 e. The number of anilines is 1. The van der Waals surface area contributed by atoms with Gasteiger partial charge in [0.2, 0.25) is 0 Å². The molecular weight excluding hydrogens is 419 g/mol. The van der Waals surface area contributed by atoms with Crippen molar-refractivity contribution in [3.8, 4) is 5.69 Å². The van der Waals surface area contributed by atoms with Crippen molar-refractivity contribution in [1.82, 2.24) is 19.7 Å². The summed E-state index contributed by atoms with van der Waals surface area (Å²) in [4.78, 5) is 21.0. The molecule has 1 aliphatic rings. The third-order valence-electron chi connectivity index (χ3n) is 5.62. The standard InChI is InChI=1S/C23H24F3N5O/c1-2-20-19(16-28-31(20)18-7-4-3-5-8-18)22(32)30-12-6-11-29(13-14-30)21-10-9-17(15-27-21)23(24,25)26/h3-5,7-10,15-16H,2,6,11-14H2,1H3. The van der Waals surface area contributed by atoms with Crippen LogP contribution in [0.3, 0.4) is 0 Å². The van der Waals surface area contributed by atoms with E-state index in [4.69, 9.17) is 0 Å². The van der Waals surface area contributed by atoms with E-state index in [9.17, 15) is 18.0 Å². The number of hydrogen-bond acceptors (Lipinski definition) is 4. The number of rotatable bonds is 4. The number of carbonyl (C=O) groups excluding carboxylic acids is 1. The maximum Gasteiger partial charge on any atom is 0.417 e. The van der Waals surface area contributed by atoms with Crippen molar-refractivity contribution in [2.45, 2.75) is 25.9 Å². The number of aromatic nitrogens is 3. The van der Waals surface area contributed by atoms with Crippen LogP contribution in [-0.2, 0) is 12.6 Å². The maximum absolute atomic E-state index is 13.3. The number of benzene rings is 1. The molecule has 3 aromatic rings. The van der Waals surface area contributed by atoms with Crippen LogP contribution in [-0.4, -0.2) is 51.8 Å². The second kappa shape index (κ2) is 9.02. The molecule has 1 saturated heterocycles. The summed E-state index contributed by atoms with van der Waals surface area (Å²) in [6, 6.07) is 12.1. The van der Waals surface area contributed by atoms with Crippen molar-refractivity contribution >= 4 is 11.7 Å². The van der Waals surface area contributed by atoms with Crippen molar-refractivity contribution in [1.29, 1.82) is 0 Å². The molecule has 0 aliphatic carbocycles. The average Bonchev–Trinajstić information content (AvgIpc) is 3.08. The Morgan fingerprint density at radius 1 is 1.00 bits per heavy atom. The van der Waals surface area contributed by atoms with Gasteiger partial charge in [-0.15, -0.1) is 0 Å². The SMILES string of the molecule is CCc1c(C(=O)N2CCCN(c3ccc(C(F)(F)F)cn3)CC2)cnn1-c1ccccc1. The molecule has 1 fully saturated rings. The van der Waals surface area contributed by atoms with Crippen molar-refractivity contribution in [2.75, 3.05) is 31.1 Å². The number of hydrogen-bond donors (Lipinski definition) is 0. The van der Waals surface area contributed by atoms with Gasteiger partial charge in [0.1, 0.15) is 5.82 Å². The fraction of sp³-hybridized carbons (Fsp3) is 0.348. The van der Waals surface area contributed by atoms with Crippen LogP contribution in [0.5, 0.6) is 0 Å². The van der Waals surface area contributed by atoms with Gasteiger partial charge in [-0.25, -0.2) is 9.67 Å². The maximum atomic E-state index is 13.3. The number of para-hydroxylation sites is 1. The van der Waals surface area contributed by atoms with E-state index >= 15 is 0 Å². The fourth-order valence-corrected chi connectivity index (χ4v) is 3.95. The summed E-state index contributed by atoms with van der Waals surface area (Å²) < 4.78 is 40.2. The first-order chi connectivity index (χ1) is 15.4. The molecule has 0 N–H and O–H groups in total. The predicted octanol–water partition coefficient (Wildman–Crippen LogP) is 4.20. The lowest BCUT2D eigenvalue weighted by molar-refractivity contribution is -0.137. The summed E-state index contributed by atoms with van der Waals surface area (Å²) in [6.45, 7) is 4.13. The van der Waals surface area contributed by atoms with E-state index < -0.39 is 11.7 Å². The molecule has 0 unspecified atom stereocenters. The molecule has 0 bridgehead atoms. The van der Waals surface area contributed by atoms with Crippen molar-refractivity contribution in [3.63, 3.8) is 0 Å². The Bertz CT molecular complexity index is 1060. The normalized spacial score (nSPS) is 15.0. The first-order valence-corrected chi connectivity index (χ1v) is 10.6. The van der Waals surface area contributed by atoms with Crippen LogP contribution < -0.4 is 4.90 Å². The molecule has 1 aliphatic heterocycles. The van der Waals surface area contributed by atoms with E-state index in [-0.39, 0.29) is 5.91 Å². The molecule has 6 nitrogen and oxygen atoms in total. The summed E-state index contributed by atoms with van der Waals surface area (Å²) in [5.74, 6) is 0.407. The fourth-order valence-electron chi connectivity index (χ4n) is 3.95. The zero-order chi connectivity index (χ0) is 22.7. The van der Waals surface area contributed by atoms with E-state index in [0.29, 0.717) is 50.4 Å². The van der Waals surface area contributed by atoms with Gasteiger partial charge in [0.05, 0.1) is 28.7 Å². The Morgan fingerprint density at radius 3 is 2.44 bits per heavy atom. The van der Waals surface area contributed by atoms with Gasteiger partial charge in [-0.2, -0.15) is 18.3 Å². The lowest BCUT2D eigenvalue weighted by Crippen LogP contribution is -2.35. The monoisotopic (exact) mass is 443 g/mol. The zero-order valence-corrected chi connectivity index (χ0v) is 17.7. The third-order valence-corrected chi connectivity index (χ3v) is 5.62. The summed E-state index contributed by atoms with van der Waals surface area (Å²) >= 11 is 0. The van der Waals surface area contributed by atoms with Crippen LogP contribution in [0.25, 0.3) is 5.69 Å². The van der Waals surface area contributed by atoms with Crippen LogP contribution >= 0.6 is 0 Å². The molecule has 4 rings (SSSR count). The van der Waals surface area contributed by atoms with Crippen LogP contribution in [0.15, 0.2) is 54.9 Å². The van der Waals surface area contributed by atoms with Crippen LogP contribution in [0, 0.1) is 0 Å². The number of nitrogens with zero attached hydrogens (tertiary/aromatic N) is 5. The van der Waals surface area contributed by atoms with E-state index in [1.165, 1.54) is 6.07 Å². The second-order valence-electron chi connectivity index (χ2n) is 7.64. The number of pyridine rings is 1. The van der Waals surface area contributed by atoms with Crippen LogP contribution in [0.2, 0.25) is 0 Å². The highest BCUT2D eigenvalue weighted by Gasteiger charge is 2.31. The van der Waals surface area contributed by atoms with Gasteiger partial charge in [-0.1, -0.05) is 25.1 Å². The molecule has 0 saturated carbocycles. The van der Waals surface area contributed by atoms with E-state index in [2.05, 4.69) is 10.1 Å². The number of alkyl halides is 3. The Balaban J connectivity index is 1.48. The topological polar surface area (TPSA) is 54.3 Å². The van der Waals surface area contributed by atoms with E-state index in [0.717, 1.165) is 23.6 Å². The molecule has 9 heteroatoms. The minimum absolute atomic E-state index is 0.0775. The molecule has 3 heterocycles. The summed E-state index contributed by atoms with van der Waals surface area (Å²) in [7, 11) is 0. The molecule has 168 valence electrons. The molecule has 1 aromatic carbocycles. The minimum Gasteiger partial charge on any atom is -0.355 e. The zero-order valence-electron chi connectivity index (χ0n) is 17.7. The summed E-state index contributed by atoms with van der Waals surface area (Å²) in [6.07, 6.45) is -0.578. The highest BCUT2D eigenvalue weighted by atomic mass is 19.4. The highest BCUT2D eigenvalue weighted by molar-refractivity contribution is 5.95. The molecular formula is C23H24F3N5O. The van der Waals surface area contributed by atoms with Crippen LogP contribution in [0.1, 0.15) is 35.0 Å². The third kappa shape index (κ3) is 4.46. The summed E-state index contributed by atoms with van der Waals surface area (Å²) in [5, 5.41) is 4.44. The van der Waals surface area contributed by atoms with Gasteiger partial charge in [0.25, 0.3) is 5.91 Å². The van der Waals surface area contributed by atoms with Gasteiger partial charge < -0.3 is 9.80 Å². The molecule has 0 spiro atoms. The average molecular weight is 443 g/mol. The predicted molar refractivity (Wildman–Crippen MR) is 115 cm³/mol. The number of carbonyl (C=O) groups is 1. The molecule has 1 amide bonds. The molecule has 32 heavy (non-hydrogen) atoms. The Hall–Kier alpha value is -3.36. The Labute approximate surface area is 184 Å². The van der Waals surface area contributed by atoms with Crippen LogP contribution in [0.4, 0.5) is 19.0 Å². The van der Waals surface area contributed by atoms with Crippen molar-refractivity contribution < 1.29 is 18.0 Å². The van der Waals surface area contributed by atoms with E-state index in [1.54, 1.807) is 15.8 Å². The molecule has 0 atom stereocenters. The quantitative estimate of drug-likeness (QED) is 0.607. The lowest BCUT2D eigenvalue weighted by Gasteiger charge is -2.23. The van der Waals surface area contributed by atoms with Crippen molar-refractivity contribution in [3.05, 3.63) is 71.7 Å². The van der Waals surface area contributed by atoms with Gasteiger partial charge in [-0.3, -0.25) is 4.79 Å². The molecule has 0 radical (unpaired) electrons. The van der Waals surface area contributed by atoms with Gasteiger partial charge in [0, 0.05) is 32.4 Å². The Morgan fingerprint density at radius 2 is 1.78 bits per heavy atom. The van der Waals surface area contributed by atoms with Gasteiger partial charge >= 0.3 is 6.18 Å². The number of amides is 1. The summed E-state index contributed by atoms with van der Waals surface area (Å²) in [5.41, 5.74) is 1.57. The smallest absolute Gasteiger partial charge is 0.355 e. The van der Waals surface area contributed by atoms with Crippen molar-refractivity contribution in [2.24, 2.45) is 0 Å².